The van der Waals surface area contributed by atoms with E-state index >= 15 is 0 Å². The van der Waals surface area contributed by atoms with Crippen LogP contribution < -0.4 is 0 Å². The predicted molar refractivity (Wildman–Crippen MR) is 87.6 cm³/mol. The van der Waals surface area contributed by atoms with Gasteiger partial charge in [-0.3, -0.25) is 0 Å². The van der Waals surface area contributed by atoms with E-state index in [4.69, 9.17) is 14.2 Å². The average Bonchev–Trinajstić information content (AvgIpc) is 2.97. The SMILES string of the molecule is Cc1oc(-c2ccccc2)nc1CCOOCc1ccccc1. The van der Waals surface area contributed by atoms with Crippen molar-refractivity contribution in [2.24, 2.45) is 0 Å². The maximum absolute atomic E-state index is 5.72. The molecule has 0 spiro atoms. The van der Waals surface area contributed by atoms with E-state index in [1.165, 1.54) is 0 Å². The molecule has 0 N–H and O–H groups in total. The van der Waals surface area contributed by atoms with Crippen LogP contribution in [0.3, 0.4) is 0 Å². The number of nitrogens with zero attached hydrogens (tertiary/aromatic N) is 1. The molecule has 0 fully saturated rings. The van der Waals surface area contributed by atoms with Crippen molar-refractivity contribution in [3.63, 3.8) is 0 Å². The first-order chi connectivity index (χ1) is 11.3. The monoisotopic (exact) mass is 309 g/mol. The molecule has 3 aromatic rings. The Balaban J connectivity index is 1.48. The quantitative estimate of drug-likeness (QED) is 0.370. The van der Waals surface area contributed by atoms with Gasteiger partial charge in [-0.15, -0.1) is 0 Å². The lowest BCUT2D eigenvalue weighted by atomic mass is 10.2. The Hall–Kier alpha value is -2.43. The molecule has 0 saturated heterocycles. The fraction of sp³-hybridized carbons (Fsp3) is 0.211. The van der Waals surface area contributed by atoms with Crippen molar-refractivity contribution in [3.8, 4) is 11.5 Å². The Morgan fingerprint density at radius 1 is 0.913 bits per heavy atom. The summed E-state index contributed by atoms with van der Waals surface area (Å²) in [6.07, 6.45) is 0.650. The van der Waals surface area contributed by atoms with Crippen LogP contribution in [0.4, 0.5) is 0 Å². The van der Waals surface area contributed by atoms with Crippen molar-refractivity contribution in [1.82, 2.24) is 4.98 Å². The highest BCUT2D eigenvalue weighted by Gasteiger charge is 2.11. The molecule has 0 radical (unpaired) electrons. The normalized spacial score (nSPS) is 10.8. The lowest BCUT2D eigenvalue weighted by Gasteiger charge is -2.03. The first-order valence-corrected chi connectivity index (χ1v) is 7.63. The molecule has 0 aliphatic rings. The molecule has 0 saturated carbocycles. The highest BCUT2D eigenvalue weighted by molar-refractivity contribution is 5.53. The van der Waals surface area contributed by atoms with Crippen LogP contribution in [-0.2, 0) is 22.8 Å². The van der Waals surface area contributed by atoms with E-state index in [0.717, 1.165) is 22.6 Å². The van der Waals surface area contributed by atoms with Crippen LogP contribution in [-0.4, -0.2) is 11.6 Å². The molecule has 0 bridgehead atoms. The molecule has 0 unspecified atom stereocenters. The number of hydrogen-bond acceptors (Lipinski definition) is 4. The molecule has 1 heterocycles. The third-order valence-electron chi connectivity index (χ3n) is 3.49. The number of rotatable bonds is 7. The van der Waals surface area contributed by atoms with Gasteiger partial charge in [0.25, 0.3) is 0 Å². The van der Waals surface area contributed by atoms with Gasteiger partial charge in [-0.25, -0.2) is 14.8 Å². The molecule has 4 nitrogen and oxygen atoms in total. The van der Waals surface area contributed by atoms with Gasteiger partial charge in [0.15, 0.2) is 0 Å². The highest BCUT2D eigenvalue weighted by atomic mass is 17.2. The summed E-state index contributed by atoms with van der Waals surface area (Å²) in [7, 11) is 0. The molecule has 0 aliphatic heterocycles. The highest BCUT2D eigenvalue weighted by Crippen LogP contribution is 2.21. The zero-order chi connectivity index (χ0) is 15.9. The van der Waals surface area contributed by atoms with Crippen LogP contribution in [0.1, 0.15) is 17.0 Å². The number of benzene rings is 2. The minimum atomic E-state index is 0.438. The molecule has 2 aromatic carbocycles. The summed E-state index contributed by atoms with van der Waals surface area (Å²) in [5.74, 6) is 1.46. The Kier molecular flexibility index (Phi) is 5.19. The third-order valence-corrected chi connectivity index (χ3v) is 3.49. The van der Waals surface area contributed by atoms with Gasteiger partial charge in [0.2, 0.25) is 5.89 Å². The summed E-state index contributed by atoms with van der Waals surface area (Å²) < 4.78 is 5.72. The molecular formula is C19H19NO3. The second-order valence-corrected chi connectivity index (χ2v) is 5.21. The second kappa shape index (κ2) is 7.72. The van der Waals surface area contributed by atoms with E-state index < -0.39 is 0 Å². The Morgan fingerprint density at radius 2 is 1.61 bits per heavy atom. The topological polar surface area (TPSA) is 44.5 Å². The number of hydrogen-bond donors (Lipinski definition) is 0. The number of aryl methyl sites for hydroxylation is 1. The smallest absolute Gasteiger partial charge is 0.226 e. The molecule has 0 aliphatic carbocycles. The summed E-state index contributed by atoms with van der Waals surface area (Å²) in [5.41, 5.74) is 2.95. The third kappa shape index (κ3) is 4.28. The van der Waals surface area contributed by atoms with Crippen molar-refractivity contribution in [1.29, 1.82) is 0 Å². The van der Waals surface area contributed by atoms with Crippen LogP contribution in [0, 0.1) is 6.92 Å². The Labute approximate surface area is 135 Å². The minimum absolute atomic E-state index is 0.438. The van der Waals surface area contributed by atoms with Crippen LogP contribution in [0.5, 0.6) is 0 Å². The van der Waals surface area contributed by atoms with E-state index in [1.807, 2.05) is 67.6 Å². The van der Waals surface area contributed by atoms with Gasteiger partial charge in [-0.1, -0.05) is 48.5 Å². The summed E-state index contributed by atoms with van der Waals surface area (Å²) in [6, 6.07) is 19.8. The molecule has 0 amide bonds. The second-order valence-electron chi connectivity index (χ2n) is 5.21. The van der Waals surface area contributed by atoms with Crippen molar-refractivity contribution in [2.75, 3.05) is 6.61 Å². The van der Waals surface area contributed by atoms with Crippen molar-refractivity contribution < 1.29 is 14.2 Å². The van der Waals surface area contributed by atoms with Gasteiger partial charge >= 0.3 is 0 Å². The van der Waals surface area contributed by atoms with Gasteiger partial charge in [0.05, 0.1) is 12.3 Å². The molecule has 4 heteroatoms. The molecule has 118 valence electrons. The van der Waals surface area contributed by atoms with E-state index in [9.17, 15) is 0 Å². The van der Waals surface area contributed by atoms with Gasteiger partial charge in [0, 0.05) is 12.0 Å². The molecular weight excluding hydrogens is 290 g/mol. The van der Waals surface area contributed by atoms with Crippen LogP contribution in [0.25, 0.3) is 11.5 Å². The largest absolute Gasteiger partial charge is 0.441 e. The molecule has 23 heavy (non-hydrogen) atoms. The molecule has 1 aromatic heterocycles. The first kappa shape index (κ1) is 15.5. The zero-order valence-corrected chi connectivity index (χ0v) is 13.1. The van der Waals surface area contributed by atoms with E-state index in [1.54, 1.807) is 0 Å². The summed E-state index contributed by atoms with van der Waals surface area (Å²) in [4.78, 5) is 15.0. The Morgan fingerprint density at radius 3 is 2.35 bits per heavy atom. The Bertz CT molecular complexity index is 723. The van der Waals surface area contributed by atoms with E-state index in [0.29, 0.717) is 25.5 Å². The van der Waals surface area contributed by atoms with E-state index in [2.05, 4.69) is 4.98 Å². The number of aromatic nitrogens is 1. The van der Waals surface area contributed by atoms with Gasteiger partial charge < -0.3 is 4.42 Å². The fourth-order valence-corrected chi connectivity index (χ4v) is 2.25. The van der Waals surface area contributed by atoms with Gasteiger partial charge in [0.1, 0.15) is 12.4 Å². The summed E-state index contributed by atoms with van der Waals surface area (Å²) in [5, 5.41) is 0. The van der Waals surface area contributed by atoms with Gasteiger partial charge in [-0.2, -0.15) is 0 Å². The molecule has 0 atom stereocenters. The predicted octanol–water partition coefficient (Wildman–Crippen LogP) is 4.34. The van der Waals surface area contributed by atoms with Crippen LogP contribution in [0.2, 0.25) is 0 Å². The average molecular weight is 309 g/mol. The zero-order valence-electron chi connectivity index (χ0n) is 13.1. The van der Waals surface area contributed by atoms with Crippen molar-refractivity contribution >= 4 is 0 Å². The standard InChI is InChI=1S/C19H19NO3/c1-15-18(20-19(23-15)17-10-6-3-7-11-17)12-13-21-22-14-16-8-4-2-5-9-16/h2-11H,12-14H2,1H3. The minimum Gasteiger partial charge on any atom is -0.441 e. The van der Waals surface area contributed by atoms with Crippen molar-refractivity contribution in [3.05, 3.63) is 77.7 Å². The van der Waals surface area contributed by atoms with Crippen molar-refractivity contribution in [2.45, 2.75) is 20.0 Å². The van der Waals surface area contributed by atoms with Gasteiger partial charge in [-0.05, 0) is 24.6 Å². The number of oxazole rings is 1. The molecule has 3 rings (SSSR count). The lowest BCUT2D eigenvalue weighted by Crippen LogP contribution is -2.01. The summed E-state index contributed by atoms with van der Waals surface area (Å²) in [6.45, 7) is 2.79. The fourth-order valence-electron chi connectivity index (χ4n) is 2.25. The maximum atomic E-state index is 5.72. The lowest BCUT2D eigenvalue weighted by molar-refractivity contribution is -0.303. The first-order valence-electron chi connectivity index (χ1n) is 7.63. The van der Waals surface area contributed by atoms with Crippen LogP contribution >= 0.6 is 0 Å². The maximum Gasteiger partial charge on any atom is 0.226 e. The van der Waals surface area contributed by atoms with E-state index in [-0.39, 0.29) is 0 Å². The van der Waals surface area contributed by atoms with Crippen LogP contribution in [0.15, 0.2) is 65.1 Å². The summed E-state index contributed by atoms with van der Waals surface area (Å²) >= 11 is 0.